The summed E-state index contributed by atoms with van der Waals surface area (Å²) in [7, 11) is -2.01. The monoisotopic (exact) mass is 616 g/mol. The van der Waals surface area contributed by atoms with Gasteiger partial charge in [0, 0.05) is 18.8 Å². The van der Waals surface area contributed by atoms with Gasteiger partial charge in [-0.2, -0.15) is 0 Å². The average Bonchev–Trinajstić information content (AvgIpc) is 2.89. The minimum absolute atomic E-state index is 0.0738. The first-order valence-corrected chi connectivity index (χ1v) is 19.1. The highest BCUT2D eigenvalue weighted by atomic mass is 28.4. The molecule has 0 aromatic carbocycles. The highest BCUT2D eigenvalue weighted by molar-refractivity contribution is 6.74. The van der Waals surface area contributed by atoms with E-state index in [4.69, 9.17) is 18.6 Å². The molecule has 7 nitrogen and oxygen atoms in total. The van der Waals surface area contributed by atoms with Crippen molar-refractivity contribution in [2.45, 2.75) is 130 Å². The Morgan fingerprint density at radius 3 is 2.47 bits per heavy atom. The molecule has 3 rings (SSSR count). The van der Waals surface area contributed by atoms with Gasteiger partial charge in [-0.15, -0.1) is 0 Å². The average molecular weight is 617 g/mol. The predicted molar refractivity (Wildman–Crippen MR) is 172 cm³/mol. The Morgan fingerprint density at radius 1 is 1.12 bits per heavy atom. The van der Waals surface area contributed by atoms with Crippen LogP contribution in [-0.2, 0) is 33.0 Å². The molecule has 43 heavy (non-hydrogen) atoms. The van der Waals surface area contributed by atoms with E-state index in [0.717, 1.165) is 25.7 Å². The Balaban J connectivity index is 1.69. The smallest absolute Gasteiger partial charge is 0.311 e. The lowest BCUT2D eigenvalue weighted by molar-refractivity contribution is -0.166. The molecule has 0 unspecified atom stereocenters. The van der Waals surface area contributed by atoms with Gasteiger partial charge in [0.1, 0.15) is 18.8 Å². The van der Waals surface area contributed by atoms with Gasteiger partial charge >= 0.3 is 17.9 Å². The second-order valence-corrected chi connectivity index (χ2v) is 20.0. The summed E-state index contributed by atoms with van der Waals surface area (Å²) in [5, 5.41) is 0.0738. The maximum absolute atomic E-state index is 13.5. The quantitative estimate of drug-likeness (QED) is 0.0960. The Bertz CT molecular complexity index is 1080. The van der Waals surface area contributed by atoms with Gasteiger partial charge < -0.3 is 18.6 Å². The Kier molecular flexibility index (Phi) is 11.7. The summed E-state index contributed by atoms with van der Waals surface area (Å²) in [5.41, 5.74) is 0.406. The molecule has 7 atom stereocenters. The SMILES string of the molecule is C=CCOC(=O)CCC(C)(C)C(=O)O[C@H]1C[C@@H](C)C=C2C=C[C@H](C)[C@H](CC[C@@H]3C[C@@H](O[Si](C)(C)C(C)(C)C)CC(=O)O3)[C@H]21. The molecule has 1 saturated heterocycles. The zero-order valence-corrected chi connectivity index (χ0v) is 29.1. The summed E-state index contributed by atoms with van der Waals surface area (Å²) >= 11 is 0. The molecule has 0 amide bonds. The van der Waals surface area contributed by atoms with Gasteiger partial charge in [0.25, 0.3) is 0 Å². The number of allylic oxidation sites excluding steroid dienone is 3. The van der Waals surface area contributed by atoms with Crippen molar-refractivity contribution < 1.29 is 33.0 Å². The Hall–Kier alpha value is -2.19. The van der Waals surface area contributed by atoms with Crippen LogP contribution >= 0.6 is 0 Å². The van der Waals surface area contributed by atoms with Crippen LogP contribution < -0.4 is 0 Å². The third-order valence-corrected chi connectivity index (χ3v) is 14.6. The van der Waals surface area contributed by atoms with Crippen LogP contribution in [0.15, 0.2) is 36.5 Å². The minimum Gasteiger partial charge on any atom is -0.462 e. The van der Waals surface area contributed by atoms with Crippen LogP contribution in [0.1, 0.15) is 93.4 Å². The van der Waals surface area contributed by atoms with Crippen LogP contribution in [0.4, 0.5) is 0 Å². The van der Waals surface area contributed by atoms with Crippen LogP contribution in [0, 0.1) is 29.1 Å². The summed E-state index contributed by atoms with van der Waals surface area (Å²) in [6.07, 6.45) is 11.7. The number of fused-ring (bicyclic) bond motifs is 1. The third kappa shape index (κ3) is 9.40. The first kappa shape index (κ1) is 35.3. The highest BCUT2D eigenvalue weighted by Crippen LogP contribution is 2.46. The number of hydrogen-bond donors (Lipinski definition) is 0. The molecule has 0 aromatic rings. The fourth-order valence-electron chi connectivity index (χ4n) is 6.34. The number of cyclic esters (lactones) is 1. The van der Waals surface area contributed by atoms with Crippen molar-refractivity contribution >= 4 is 26.2 Å². The van der Waals surface area contributed by atoms with E-state index in [1.54, 1.807) is 0 Å². The fraction of sp³-hybridized carbons (Fsp3) is 0.743. The molecule has 0 saturated carbocycles. The number of carbonyl (C=O) groups excluding carboxylic acids is 3. The number of rotatable bonds is 12. The molecule has 1 fully saturated rings. The molecule has 0 radical (unpaired) electrons. The molecule has 0 aromatic heterocycles. The number of ether oxygens (including phenoxy) is 3. The van der Waals surface area contributed by atoms with Gasteiger partial charge in [-0.05, 0) is 81.0 Å². The second-order valence-electron chi connectivity index (χ2n) is 15.2. The summed E-state index contributed by atoms with van der Waals surface area (Å²) in [6, 6.07) is 0. The van der Waals surface area contributed by atoms with Crippen LogP contribution in [0.25, 0.3) is 0 Å². The van der Waals surface area contributed by atoms with Gasteiger partial charge in [0.2, 0.25) is 0 Å². The lowest BCUT2D eigenvalue weighted by Crippen LogP contribution is -2.47. The molecular formula is C35H56O7Si. The van der Waals surface area contributed by atoms with E-state index in [9.17, 15) is 14.4 Å². The number of esters is 3. The fourth-order valence-corrected chi connectivity index (χ4v) is 7.71. The molecule has 0 bridgehead atoms. The first-order chi connectivity index (χ1) is 19.9. The van der Waals surface area contributed by atoms with E-state index in [2.05, 4.69) is 72.5 Å². The molecule has 8 heteroatoms. The molecule has 1 aliphatic heterocycles. The van der Waals surface area contributed by atoms with Crippen LogP contribution in [0.2, 0.25) is 18.1 Å². The van der Waals surface area contributed by atoms with E-state index in [-0.39, 0.29) is 72.0 Å². The third-order valence-electron chi connectivity index (χ3n) is 10.0. The van der Waals surface area contributed by atoms with Crippen LogP contribution in [-0.4, -0.2) is 51.1 Å². The Labute approximate surface area is 261 Å². The van der Waals surface area contributed by atoms with Crippen molar-refractivity contribution in [1.82, 2.24) is 0 Å². The molecule has 3 aliphatic rings. The van der Waals surface area contributed by atoms with E-state index in [1.165, 1.54) is 11.6 Å². The first-order valence-electron chi connectivity index (χ1n) is 16.2. The summed E-state index contributed by atoms with van der Waals surface area (Å²) in [5.74, 6) is 0.103. The maximum atomic E-state index is 13.5. The van der Waals surface area contributed by atoms with Gasteiger partial charge in [-0.1, -0.05) is 65.5 Å². The van der Waals surface area contributed by atoms with Crippen molar-refractivity contribution in [3.63, 3.8) is 0 Å². The summed E-state index contributed by atoms with van der Waals surface area (Å²) in [4.78, 5) is 38.2. The molecule has 0 N–H and O–H groups in total. The molecular weight excluding hydrogens is 560 g/mol. The zero-order chi connectivity index (χ0) is 32.2. The van der Waals surface area contributed by atoms with Crippen LogP contribution in [0.5, 0.6) is 0 Å². The minimum atomic E-state index is -2.01. The van der Waals surface area contributed by atoms with Crippen molar-refractivity contribution in [3.8, 4) is 0 Å². The normalized spacial score (nSPS) is 29.7. The van der Waals surface area contributed by atoms with E-state index < -0.39 is 13.7 Å². The van der Waals surface area contributed by atoms with Crippen LogP contribution in [0.3, 0.4) is 0 Å². The maximum Gasteiger partial charge on any atom is 0.311 e. The summed E-state index contributed by atoms with van der Waals surface area (Å²) in [6.45, 7) is 22.9. The van der Waals surface area contributed by atoms with Gasteiger partial charge in [-0.3, -0.25) is 14.4 Å². The molecule has 1 heterocycles. The van der Waals surface area contributed by atoms with E-state index in [1.807, 2.05) is 13.8 Å². The van der Waals surface area contributed by atoms with Gasteiger partial charge in [0.05, 0.1) is 17.9 Å². The Morgan fingerprint density at radius 2 is 1.81 bits per heavy atom. The lowest BCUT2D eigenvalue weighted by atomic mass is 9.65. The highest BCUT2D eigenvalue weighted by Gasteiger charge is 2.45. The standard InChI is InChI=1S/C35H56O7Si/c1-11-18-39-30(36)16-17-35(7,8)33(38)41-29-20-23(2)19-25-13-12-24(3)28(32(25)29)15-14-26-21-27(22-31(37)40-26)42-43(9,10)34(4,5)6/h11-13,19,23-24,26-29,32H,1,14-18,20-22H2,2-10H3/t23-,24-,26+,27+,28-,29-,32-/m0/s1. The van der Waals surface area contributed by atoms with E-state index >= 15 is 0 Å². The predicted octanol–water partition coefficient (Wildman–Crippen LogP) is 7.71. The lowest BCUT2D eigenvalue weighted by Gasteiger charge is -2.44. The largest absolute Gasteiger partial charge is 0.462 e. The van der Waals surface area contributed by atoms with Crippen molar-refractivity contribution in [2.75, 3.05) is 6.61 Å². The van der Waals surface area contributed by atoms with Crippen molar-refractivity contribution in [1.29, 1.82) is 0 Å². The summed E-state index contributed by atoms with van der Waals surface area (Å²) < 4.78 is 23.9. The number of hydrogen-bond acceptors (Lipinski definition) is 7. The molecule has 0 spiro atoms. The van der Waals surface area contributed by atoms with Crippen molar-refractivity contribution in [3.05, 3.63) is 36.5 Å². The van der Waals surface area contributed by atoms with E-state index in [0.29, 0.717) is 18.8 Å². The van der Waals surface area contributed by atoms with Gasteiger partial charge in [-0.25, -0.2) is 0 Å². The van der Waals surface area contributed by atoms with Crippen molar-refractivity contribution in [2.24, 2.45) is 29.1 Å². The van der Waals surface area contributed by atoms with Gasteiger partial charge in [0.15, 0.2) is 8.32 Å². The zero-order valence-electron chi connectivity index (χ0n) is 28.1. The number of carbonyl (C=O) groups is 3. The topological polar surface area (TPSA) is 88.1 Å². The molecule has 2 aliphatic carbocycles. The molecule has 242 valence electrons. The second kappa shape index (κ2) is 14.3.